The van der Waals surface area contributed by atoms with Crippen LogP contribution in [0.15, 0.2) is 47.4 Å². The van der Waals surface area contributed by atoms with Crippen LogP contribution in [0.3, 0.4) is 0 Å². The molecule has 0 radical (unpaired) electrons. The molecular formula is C12H9N5O. The first-order chi connectivity index (χ1) is 8.83. The number of hydrogen-bond donors (Lipinski definition) is 1. The van der Waals surface area contributed by atoms with Gasteiger partial charge in [0.2, 0.25) is 5.82 Å². The van der Waals surface area contributed by atoms with Gasteiger partial charge in [0.1, 0.15) is 5.82 Å². The second-order valence-electron chi connectivity index (χ2n) is 3.63. The summed E-state index contributed by atoms with van der Waals surface area (Å²) in [5, 5.41) is 3.91. The van der Waals surface area contributed by atoms with Crippen LogP contribution in [-0.4, -0.2) is 20.1 Å². The lowest BCUT2D eigenvalue weighted by Crippen LogP contribution is -1.89. The van der Waals surface area contributed by atoms with Crippen molar-refractivity contribution in [2.24, 2.45) is 0 Å². The van der Waals surface area contributed by atoms with E-state index in [0.29, 0.717) is 17.5 Å². The van der Waals surface area contributed by atoms with Gasteiger partial charge in [0.05, 0.1) is 5.56 Å². The van der Waals surface area contributed by atoms with E-state index >= 15 is 0 Å². The van der Waals surface area contributed by atoms with Crippen LogP contribution in [0.1, 0.15) is 0 Å². The molecule has 3 aromatic heterocycles. The van der Waals surface area contributed by atoms with Crippen molar-refractivity contribution in [3.05, 3.63) is 42.9 Å². The van der Waals surface area contributed by atoms with E-state index in [4.69, 9.17) is 10.3 Å². The molecule has 88 valence electrons. The average molecular weight is 239 g/mol. The number of nitrogen functional groups attached to an aromatic ring is 1. The maximum Gasteiger partial charge on any atom is 0.259 e. The summed E-state index contributed by atoms with van der Waals surface area (Å²) < 4.78 is 5.18. The van der Waals surface area contributed by atoms with Gasteiger partial charge in [0, 0.05) is 24.2 Å². The van der Waals surface area contributed by atoms with Gasteiger partial charge in [0.25, 0.3) is 5.89 Å². The van der Waals surface area contributed by atoms with Crippen LogP contribution in [0.5, 0.6) is 0 Å². The van der Waals surface area contributed by atoms with Crippen LogP contribution < -0.4 is 5.73 Å². The lowest BCUT2D eigenvalue weighted by molar-refractivity contribution is 0.432. The summed E-state index contributed by atoms with van der Waals surface area (Å²) in [4.78, 5) is 12.2. The van der Waals surface area contributed by atoms with Crippen molar-refractivity contribution < 1.29 is 4.52 Å². The van der Waals surface area contributed by atoms with Crippen LogP contribution in [0.2, 0.25) is 0 Å². The van der Waals surface area contributed by atoms with Gasteiger partial charge in [-0.25, -0.2) is 4.98 Å². The molecule has 0 amide bonds. The predicted octanol–water partition coefficient (Wildman–Crippen LogP) is 1.78. The molecule has 18 heavy (non-hydrogen) atoms. The number of nitrogens with two attached hydrogens (primary N) is 1. The molecular weight excluding hydrogens is 230 g/mol. The Morgan fingerprint density at radius 3 is 2.56 bits per heavy atom. The first-order valence-corrected chi connectivity index (χ1v) is 5.29. The maximum atomic E-state index is 5.52. The SMILES string of the molecule is Nc1ccc(-c2nc(-c3ccncc3)no2)cn1. The van der Waals surface area contributed by atoms with Crippen LogP contribution >= 0.6 is 0 Å². The summed E-state index contributed by atoms with van der Waals surface area (Å²) in [6.45, 7) is 0. The molecule has 0 aliphatic rings. The van der Waals surface area contributed by atoms with E-state index in [9.17, 15) is 0 Å². The number of hydrogen-bond acceptors (Lipinski definition) is 6. The zero-order chi connectivity index (χ0) is 12.4. The van der Waals surface area contributed by atoms with E-state index in [1.807, 2.05) is 12.1 Å². The van der Waals surface area contributed by atoms with E-state index in [2.05, 4.69) is 20.1 Å². The largest absolute Gasteiger partial charge is 0.384 e. The van der Waals surface area contributed by atoms with E-state index in [-0.39, 0.29) is 0 Å². The van der Waals surface area contributed by atoms with Crippen molar-refractivity contribution >= 4 is 5.82 Å². The topological polar surface area (TPSA) is 90.7 Å². The number of anilines is 1. The van der Waals surface area contributed by atoms with Crippen LogP contribution in [0.4, 0.5) is 5.82 Å². The normalized spacial score (nSPS) is 10.4. The van der Waals surface area contributed by atoms with Gasteiger partial charge in [-0.2, -0.15) is 4.98 Å². The minimum atomic E-state index is 0.411. The Kier molecular flexibility index (Phi) is 2.45. The smallest absolute Gasteiger partial charge is 0.259 e. The zero-order valence-corrected chi connectivity index (χ0v) is 9.32. The van der Waals surface area contributed by atoms with Crippen molar-refractivity contribution in [2.45, 2.75) is 0 Å². The molecule has 0 bridgehead atoms. The molecule has 0 saturated heterocycles. The molecule has 0 aromatic carbocycles. The van der Waals surface area contributed by atoms with Gasteiger partial charge in [-0.1, -0.05) is 5.16 Å². The highest BCUT2D eigenvalue weighted by molar-refractivity contribution is 5.59. The molecule has 3 rings (SSSR count). The number of rotatable bonds is 2. The number of nitrogens with zero attached hydrogens (tertiary/aromatic N) is 4. The molecule has 0 unspecified atom stereocenters. The Morgan fingerprint density at radius 1 is 1.00 bits per heavy atom. The molecule has 0 aliphatic carbocycles. The van der Waals surface area contributed by atoms with E-state index in [1.165, 1.54) is 0 Å². The zero-order valence-electron chi connectivity index (χ0n) is 9.32. The number of aromatic nitrogens is 4. The Morgan fingerprint density at radius 2 is 1.83 bits per heavy atom. The summed E-state index contributed by atoms with van der Waals surface area (Å²) in [6, 6.07) is 7.10. The third-order valence-electron chi connectivity index (χ3n) is 2.40. The van der Waals surface area contributed by atoms with E-state index in [1.54, 1.807) is 30.7 Å². The Hall–Kier alpha value is -2.76. The third-order valence-corrected chi connectivity index (χ3v) is 2.40. The molecule has 0 spiro atoms. The van der Waals surface area contributed by atoms with Gasteiger partial charge in [0.15, 0.2) is 0 Å². The standard InChI is InChI=1S/C12H9N5O/c13-10-2-1-9(7-15-10)12-16-11(17-18-12)8-3-5-14-6-4-8/h1-7H,(H2,13,15). The molecule has 0 saturated carbocycles. The molecule has 3 heterocycles. The Bertz CT molecular complexity index is 648. The van der Waals surface area contributed by atoms with Gasteiger partial charge in [-0.3, -0.25) is 4.98 Å². The molecule has 6 heteroatoms. The summed E-state index contributed by atoms with van der Waals surface area (Å²) in [5.41, 5.74) is 7.10. The molecule has 0 aliphatic heterocycles. The second-order valence-corrected chi connectivity index (χ2v) is 3.63. The summed E-state index contributed by atoms with van der Waals surface area (Å²) in [5.74, 6) is 1.38. The first kappa shape index (κ1) is 10.4. The summed E-state index contributed by atoms with van der Waals surface area (Å²) >= 11 is 0. The molecule has 3 aromatic rings. The quantitative estimate of drug-likeness (QED) is 0.732. The average Bonchev–Trinajstić information content (AvgIpc) is 2.90. The lowest BCUT2D eigenvalue weighted by atomic mass is 10.2. The fourth-order valence-electron chi connectivity index (χ4n) is 1.49. The van der Waals surface area contributed by atoms with Crippen molar-refractivity contribution in [3.63, 3.8) is 0 Å². The fourth-order valence-corrected chi connectivity index (χ4v) is 1.49. The van der Waals surface area contributed by atoms with Crippen molar-refractivity contribution in [1.29, 1.82) is 0 Å². The van der Waals surface area contributed by atoms with Gasteiger partial charge >= 0.3 is 0 Å². The molecule has 0 atom stereocenters. The highest BCUT2D eigenvalue weighted by Crippen LogP contribution is 2.21. The third kappa shape index (κ3) is 1.91. The van der Waals surface area contributed by atoms with E-state index < -0.39 is 0 Å². The second kappa shape index (κ2) is 4.25. The van der Waals surface area contributed by atoms with Crippen molar-refractivity contribution in [3.8, 4) is 22.8 Å². The van der Waals surface area contributed by atoms with Crippen LogP contribution in [0, 0.1) is 0 Å². The van der Waals surface area contributed by atoms with Crippen LogP contribution in [-0.2, 0) is 0 Å². The van der Waals surface area contributed by atoms with Crippen molar-refractivity contribution in [1.82, 2.24) is 20.1 Å². The van der Waals surface area contributed by atoms with E-state index in [0.717, 1.165) is 11.1 Å². The highest BCUT2D eigenvalue weighted by Gasteiger charge is 2.10. The first-order valence-electron chi connectivity index (χ1n) is 5.29. The lowest BCUT2D eigenvalue weighted by Gasteiger charge is -1.93. The van der Waals surface area contributed by atoms with Crippen LogP contribution in [0.25, 0.3) is 22.8 Å². The molecule has 6 nitrogen and oxygen atoms in total. The fraction of sp³-hybridized carbons (Fsp3) is 0. The Balaban J connectivity index is 1.97. The minimum absolute atomic E-state index is 0.411. The van der Waals surface area contributed by atoms with Crippen molar-refractivity contribution in [2.75, 3.05) is 5.73 Å². The monoisotopic (exact) mass is 239 g/mol. The summed E-state index contributed by atoms with van der Waals surface area (Å²) in [7, 11) is 0. The Labute approximate surface area is 103 Å². The highest BCUT2D eigenvalue weighted by atomic mass is 16.5. The predicted molar refractivity (Wildman–Crippen MR) is 65.2 cm³/mol. The molecule has 0 fully saturated rings. The van der Waals surface area contributed by atoms with Gasteiger partial charge < -0.3 is 10.3 Å². The van der Waals surface area contributed by atoms with Gasteiger partial charge in [-0.15, -0.1) is 0 Å². The maximum absolute atomic E-state index is 5.52. The molecule has 2 N–H and O–H groups in total. The summed E-state index contributed by atoms with van der Waals surface area (Å²) in [6.07, 6.45) is 4.95. The number of pyridine rings is 2. The minimum Gasteiger partial charge on any atom is -0.384 e. The van der Waals surface area contributed by atoms with Gasteiger partial charge in [-0.05, 0) is 24.3 Å².